The van der Waals surface area contributed by atoms with Crippen LogP contribution in [0.2, 0.25) is 0 Å². The number of nitrogen functional groups attached to an aromatic ring is 1. The van der Waals surface area contributed by atoms with E-state index in [0.29, 0.717) is 5.82 Å². The van der Waals surface area contributed by atoms with Crippen LogP contribution in [-0.4, -0.2) is 26.2 Å². The van der Waals surface area contributed by atoms with Gasteiger partial charge in [-0.25, -0.2) is 9.97 Å². The molecule has 5 heteroatoms. The lowest BCUT2D eigenvalue weighted by atomic mass is 10.2. The SMILES string of the molecule is Nc1nc2ccccc2c2c1ncn2CCCCO. The number of para-hydroxylation sites is 1. The van der Waals surface area contributed by atoms with Gasteiger partial charge in [0.1, 0.15) is 5.52 Å². The van der Waals surface area contributed by atoms with Crippen LogP contribution in [0.25, 0.3) is 21.9 Å². The molecule has 3 aromatic rings. The van der Waals surface area contributed by atoms with Crippen molar-refractivity contribution >= 4 is 27.8 Å². The van der Waals surface area contributed by atoms with Crippen LogP contribution in [0, 0.1) is 0 Å². The molecule has 3 N–H and O–H groups in total. The average molecular weight is 256 g/mol. The Kier molecular flexibility index (Phi) is 3.05. The van der Waals surface area contributed by atoms with Gasteiger partial charge in [0.25, 0.3) is 0 Å². The molecule has 0 unspecified atom stereocenters. The molecule has 5 nitrogen and oxygen atoms in total. The van der Waals surface area contributed by atoms with Crippen LogP contribution in [0.1, 0.15) is 12.8 Å². The van der Waals surface area contributed by atoms with Gasteiger partial charge in [-0.05, 0) is 18.9 Å². The zero-order valence-electron chi connectivity index (χ0n) is 10.6. The minimum Gasteiger partial charge on any atom is -0.396 e. The third kappa shape index (κ3) is 2.02. The van der Waals surface area contributed by atoms with E-state index in [1.165, 1.54) is 0 Å². The van der Waals surface area contributed by atoms with Crippen molar-refractivity contribution in [3.63, 3.8) is 0 Å². The Labute approximate surface area is 110 Å². The van der Waals surface area contributed by atoms with Crippen LogP contribution >= 0.6 is 0 Å². The summed E-state index contributed by atoms with van der Waals surface area (Å²) >= 11 is 0. The Balaban J connectivity index is 2.18. The van der Waals surface area contributed by atoms with E-state index in [1.54, 1.807) is 6.33 Å². The Morgan fingerprint density at radius 2 is 2.05 bits per heavy atom. The fourth-order valence-electron chi connectivity index (χ4n) is 2.37. The number of nitrogens with zero attached hydrogens (tertiary/aromatic N) is 3. The molecule has 19 heavy (non-hydrogen) atoms. The molecule has 0 fully saturated rings. The van der Waals surface area contributed by atoms with E-state index >= 15 is 0 Å². The number of aryl methyl sites for hydroxylation is 1. The highest BCUT2D eigenvalue weighted by molar-refractivity contribution is 6.06. The first-order valence-electron chi connectivity index (χ1n) is 6.41. The number of nitrogens with two attached hydrogens (primary N) is 1. The molecule has 2 aromatic heterocycles. The molecule has 0 aliphatic carbocycles. The van der Waals surface area contributed by atoms with E-state index in [0.717, 1.165) is 41.3 Å². The van der Waals surface area contributed by atoms with Crippen LogP contribution in [-0.2, 0) is 6.54 Å². The highest BCUT2D eigenvalue weighted by atomic mass is 16.2. The number of pyridine rings is 1. The van der Waals surface area contributed by atoms with Crippen molar-refractivity contribution in [1.82, 2.24) is 14.5 Å². The number of imidazole rings is 1. The molecule has 0 saturated carbocycles. The second-order valence-corrected chi connectivity index (χ2v) is 4.58. The highest BCUT2D eigenvalue weighted by Gasteiger charge is 2.11. The predicted molar refractivity (Wildman–Crippen MR) is 75.8 cm³/mol. The second-order valence-electron chi connectivity index (χ2n) is 4.58. The topological polar surface area (TPSA) is 77.0 Å². The molecule has 0 radical (unpaired) electrons. The third-order valence-electron chi connectivity index (χ3n) is 3.29. The van der Waals surface area contributed by atoms with Crippen LogP contribution in [0.5, 0.6) is 0 Å². The summed E-state index contributed by atoms with van der Waals surface area (Å²) in [5.41, 5.74) is 8.63. The number of rotatable bonds is 4. The fourth-order valence-corrected chi connectivity index (χ4v) is 2.37. The van der Waals surface area contributed by atoms with Crippen LogP contribution in [0.15, 0.2) is 30.6 Å². The molecule has 1 aromatic carbocycles. The summed E-state index contributed by atoms with van der Waals surface area (Å²) < 4.78 is 2.09. The molecule has 0 spiro atoms. The summed E-state index contributed by atoms with van der Waals surface area (Å²) in [4.78, 5) is 8.74. The van der Waals surface area contributed by atoms with Crippen molar-refractivity contribution in [1.29, 1.82) is 0 Å². The van der Waals surface area contributed by atoms with Gasteiger partial charge in [-0.1, -0.05) is 18.2 Å². The van der Waals surface area contributed by atoms with Gasteiger partial charge in [-0.2, -0.15) is 0 Å². The van der Waals surface area contributed by atoms with E-state index in [1.807, 2.05) is 24.3 Å². The normalized spacial score (nSPS) is 11.4. The largest absolute Gasteiger partial charge is 0.396 e. The van der Waals surface area contributed by atoms with Crippen LogP contribution in [0.4, 0.5) is 5.82 Å². The standard InChI is InChI=1S/C14H16N4O/c15-14-12-13(10-5-1-2-6-11(10)17-14)18(9-16-12)7-3-4-8-19/h1-2,5-6,9,19H,3-4,7-8H2,(H2,15,17). The predicted octanol–water partition coefficient (Wildman–Crippen LogP) is 1.94. The number of aliphatic hydroxyl groups is 1. The summed E-state index contributed by atoms with van der Waals surface area (Å²) in [6.45, 7) is 1.04. The molecule has 0 saturated heterocycles. The summed E-state index contributed by atoms with van der Waals surface area (Å²) in [6.07, 6.45) is 3.50. The summed E-state index contributed by atoms with van der Waals surface area (Å²) in [6, 6.07) is 7.93. The maximum atomic E-state index is 8.87. The second kappa shape index (κ2) is 4.85. The van der Waals surface area contributed by atoms with Crippen LogP contribution in [0.3, 0.4) is 0 Å². The molecule has 0 aliphatic rings. The molecular formula is C14H16N4O. The summed E-state index contributed by atoms with van der Waals surface area (Å²) in [7, 11) is 0. The Hall–Kier alpha value is -2.14. The van der Waals surface area contributed by atoms with Gasteiger partial charge in [-0.15, -0.1) is 0 Å². The highest BCUT2D eigenvalue weighted by Crippen LogP contribution is 2.27. The Morgan fingerprint density at radius 3 is 2.89 bits per heavy atom. The first-order valence-corrected chi connectivity index (χ1v) is 6.41. The van der Waals surface area contributed by atoms with Crippen molar-refractivity contribution in [3.8, 4) is 0 Å². The van der Waals surface area contributed by atoms with Gasteiger partial charge in [-0.3, -0.25) is 0 Å². The number of hydrogen-bond acceptors (Lipinski definition) is 4. The number of aromatic nitrogens is 3. The molecule has 0 aliphatic heterocycles. The van der Waals surface area contributed by atoms with Gasteiger partial charge < -0.3 is 15.4 Å². The fraction of sp³-hybridized carbons (Fsp3) is 0.286. The van der Waals surface area contributed by atoms with E-state index in [4.69, 9.17) is 10.8 Å². The lowest BCUT2D eigenvalue weighted by Gasteiger charge is -2.07. The van der Waals surface area contributed by atoms with Gasteiger partial charge in [0.05, 0.1) is 17.4 Å². The number of unbranched alkanes of at least 4 members (excludes halogenated alkanes) is 1. The van der Waals surface area contributed by atoms with Gasteiger partial charge in [0, 0.05) is 18.5 Å². The molecular weight excluding hydrogens is 240 g/mol. The van der Waals surface area contributed by atoms with Crippen molar-refractivity contribution in [2.75, 3.05) is 12.3 Å². The van der Waals surface area contributed by atoms with Gasteiger partial charge >= 0.3 is 0 Å². The third-order valence-corrected chi connectivity index (χ3v) is 3.29. The average Bonchev–Trinajstić information content (AvgIpc) is 2.84. The van der Waals surface area contributed by atoms with Crippen molar-refractivity contribution in [2.24, 2.45) is 0 Å². The number of benzene rings is 1. The molecule has 0 amide bonds. The van der Waals surface area contributed by atoms with Gasteiger partial charge in [0.2, 0.25) is 0 Å². The van der Waals surface area contributed by atoms with Crippen molar-refractivity contribution in [2.45, 2.75) is 19.4 Å². The minimum absolute atomic E-state index is 0.219. The smallest absolute Gasteiger partial charge is 0.152 e. The Bertz CT molecular complexity index is 720. The number of anilines is 1. The lowest BCUT2D eigenvalue weighted by Crippen LogP contribution is -1.99. The maximum absolute atomic E-state index is 8.87. The minimum atomic E-state index is 0.219. The Morgan fingerprint density at radius 1 is 1.21 bits per heavy atom. The monoisotopic (exact) mass is 256 g/mol. The number of hydrogen-bond donors (Lipinski definition) is 2. The van der Waals surface area contributed by atoms with Gasteiger partial charge in [0.15, 0.2) is 5.82 Å². The molecule has 2 heterocycles. The summed E-state index contributed by atoms with van der Waals surface area (Å²) in [5, 5.41) is 9.93. The first kappa shape index (κ1) is 11.9. The van der Waals surface area contributed by atoms with Crippen LogP contribution < -0.4 is 5.73 Å². The van der Waals surface area contributed by atoms with E-state index in [2.05, 4.69) is 14.5 Å². The zero-order chi connectivity index (χ0) is 13.2. The summed E-state index contributed by atoms with van der Waals surface area (Å²) in [5.74, 6) is 0.467. The quantitative estimate of drug-likeness (QED) is 0.699. The van der Waals surface area contributed by atoms with E-state index in [-0.39, 0.29) is 6.61 Å². The number of aliphatic hydroxyl groups excluding tert-OH is 1. The molecule has 98 valence electrons. The first-order chi connectivity index (χ1) is 9.31. The van der Waals surface area contributed by atoms with E-state index in [9.17, 15) is 0 Å². The molecule has 3 rings (SSSR count). The molecule has 0 atom stereocenters. The van der Waals surface area contributed by atoms with Crippen molar-refractivity contribution < 1.29 is 5.11 Å². The molecule has 0 bridgehead atoms. The zero-order valence-corrected chi connectivity index (χ0v) is 10.6. The number of fused-ring (bicyclic) bond motifs is 3. The van der Waals surface area contributed by atoms with E-state index < -0.39 is 0 Å². The lowest BCUT2D eigenvalue weighted by molar-refractivity contribution is 0.281. The maximum Gasteiger partial charge on any atom is 0.152 e. The van der Waals surface area contributed by atoms with Crippen molar-refractivity contribution in [3.05, 3.63) is 30.6 Å².